The van der Waals surface area contributed by atoms with E-state index in [-0.39, 0.29) is 0 Å². The first-order valence-electron chi connectivity index (χ1n) is 5.18. The summed E-state index contributed by atoms with van der Waals surface area (Å²) in [6.45, 7) is 8.44. The van der Waals surface area contributed by atoms with Crippen molar-refractivity contribution in [1.82, 2.24) is 9.97 Å². The normalized spacial score (nSPS) is 10.8. The number of hydrogen-bond acceptors (Lipinski definition) is 4. The highest BCUT2D eigenvalue weighted by Gasteiger charge is 2.07. The summed E-state index contributed by atoms with van der Waals surface area (Å²) in [4.78, 5) is 8.96. The van der Waals surface area contributed by atoms with Crippen molar-refractivity contribution < 1.29 is 0 Å². The van der Waals surface area contributed by atoms with Gasteiger partial charge in [0.2, 0.25) is 0 Å². The Bertz CT molecular complexity index is 337. The van der Waals surface area contributed by atoms with Crippen LogP contribution in [0.1, 0.15) is 30.9 Å². The fraction of sp³-hybridized carbons (Fsp3) is 0.636. The van der Waals surface area contributed by atoms with Crippen LogP contribution in [0.25, 0.3) is 0 Å². The average molecular weight is 225 g/mol. The van der Waals surface area contributed by atoms with Crippen molar-refractivity contribution in [2.24, 2.45) is 0 Å². The van der Waals surface area contributed by atoms with Gasteiger partial charge in [-0.2, -0.15) is 11.8 Å². The van der Waals surface area contributed by atoms with Crippen LogP contribution in [0.2, 0.25) is 0 Å². The summed E-state index contributed by atoms with van der Waals surface area (Å²) in [5, 5.41) is 3.72. The van der Waals surface area contributed by atoms with Crippen LogP contribution in [0.5, 0.6) is 0 Å². The Kier molecular flexibility index (Phi) is 4.39. The Hall–Kier alpha value is -0.770. The smallest absolute Gasteiger partial charge is 0.140 e. The van der Waals surface area contributed by atoms with Crippen molar-refractivity contribution in [2.75, 3.05) is 12.4 Å². The first kappa shape index (κ1) is 12.3. The maximum Gasteiger partial charge on any atom is 0.140 e. The largest absolute Gasteiger partial charge is 0.373 e. The Morgan fingerprint density at radius 3 is 2.47 bits per heavy atom. The van der Waals surface area contributed by atoms with Gasteiger partial charge in [-0.3, -0.25) is 0 Å². The van der Waals surface area contributed by atoms with Crippen molar-refractivity contribution in [2.45, 2.75) is 38.7 Å². The molecule has 3 nitrogen and oxygen atoms in total. The molecule has 15 heavy (non-hydrogen) atoms. The molecule has 1 aromatic rings. The highest BCUT2D eigenvalue weighted by Crippen LogP contribution is 2.19. The number of hydrogen-bond donors (Lipinski definition) is 1. The summed E-state index contributed by atoms with van der Waals surface area (Å²) < 4.78 is 0. The number of anilines is 1. The standard InChI is InChI=1S/C11H19N3S/c1-7(2)15-6-10-13-9(4)8(3)11(12-5)14-10/h7H,6H2,1-5H3,(H,12,13,14). The van der Waals surface area contributed by atoms with E-state index in [1.807, 2.05) is 32.7 Å². The summed E-state index contributed by atoms with van der Waals surface area (Å²) in [6.07, 6.45) is 0. The molecule has 0 bridgehead atoms. The van der Waals surface area contributed by atoms with E-state index >= 15 is 0 Å². The first-order chi connectivity index (χ1) is 7.04. The lowest BCUT2D eigenvalue weighted by Gasteiger charge is -2.10. The van der Waals surface area contributed by atoms with Crippen LogP contribution in [-0.2, 0) is 5.75 Å². The molecule has 0 aliphatic carbocycles. The molecule has 84 valence electrons. The third-order valence-electron chi connectivity index (χ3n) is 2.22. The molecule has 1 aromatic heterocycles. The van der Waals surface area contributed by atoms with Crippen LogP contribution < -0.4 is 5.32 Å². The van der Waals surface area contributed by atoms with Gasteiger partial charge in [-0.25, -0.2) is 9.97 Å². The predicted octanol–water partition coefficient (Wildman–Crippen LogP) is 2.78. The molecular formula is C11H19N3S. The van der Waals surface area contributed by atoms with Gasteiger partial charge in [-0.1, -0.05) is 13.8 Å². The summed E-state index contributed by atoms with van der Waals surface area (Å²) in [5.41, 5.74) is 2.20. The maximum absolute atomic E-state index is 4.48. The third-order valence-corrected chi connectivity index (χ3v) is 3.31. The van der Waals surface area contributed by atoms with E-state index < -0.39 is 0 Å². The number of nitrogens with one attached hydrogen (secondary N) is 1. The molecule has 0 aromatic carbocycles. The molecule has 0 saturated heterocycles. The second-order valence-electron chi connectivity index (χ2n) is 3.81. The van der Waals surface area contributed by atoms with E-state index in [4.69, 9.17) is 0 Å². The summed E-state index contributed by atoms with van der Waals surface area (Å²) in [6, 6.07) is 0. The van der Waals surface area contributed by atoms with Gasteiger partial charge in [-0.05, 0) is 19.1 Å². The Morgan fingerprint density at radius 1 is 1.27 bits per heavy atom. The van der Waals surface area contributed by atoms with Crippen molar-refractivity contribution in [3.8, 4) is 0 Å². The van der Waals surface area contributed by atoms with Crippen LogP contribution in [-0.4, -0.2) is 22.3 Å². The molecule has 0 amide bonds. The number of thioether (sulfide) groups is 1. The van der Waals surface area contributed by atoms with Gasteiger partial charge in [0.1, 0.15) is 11.6 Å². The second kappa shape index (κ2) is 5.35. The minimum absolute atomic E-state index is 0.619. The highest BCUT2D eigenvalue weighted by atomic mass is 32.2. The first-order valence-corrected chi connectivity index (χ1v) is 6.23. The molecule has 0 radical (unpaired) electrons. The monoisotopic (exact) mass is 225 g/mol. The van der Waals surface area contributed by atoms with E-state index in [9.17, 15) is 0 Å². The molecule has 1 N–H and O–H groups in total. The van der Waals surface area contributed by atoms with Crippen molar-refractivity contribution in [3.63, 3.8) is 0 Å². The summed E-state index contributed by atoms with van der Waals surface area (Å²) >= 11 is 1.87. The lowest BCUT2D eigenvalue weighted by atomic mass is 10.2. The minimum Gasteiger partial charge on any atom is -0.373 e. The molecule has 0 saturated carbocycles. The van der Waals surface area contributed by atoms with Gasteiger partial charge in [-0.15, -0.1) is 0 Å². The topological polar surface area (TPSA) is 37.8 Å². The van der Waals surface area contributed by atoms with E-state index in [0.717, 1.165) is 28.7 Å². The average Bonchev–Trinajstić information content (AvgIpc) is 2.19. The fourth-order valence-electron chi connectivity index (χ4n) is 1.24. The molecule has 1 rings (SSSR count). The van der Waals surface area contributed by atoms with Crippen molar-refractivity contribution in [3.05, 3.63) is 17.1 Å². The Labute approximate surface area is 96.1 Å². The van der Waals surface area contributed by atoms with Gasteiger partial charge in [0.25, 0.3) is 0 Å². The summed E-state index contributed by atoms with van der Waals surface area (Å²) in [5.74, 6) is 2.75. The number of aryl methyl sites for hydroxylation is 1. The predicted molar refractivity (Wildman–Crippen MR) is 67.5 cm³/mol. The zero-order chi connectivity index (χ0) is 11.4. The number of aromatic nitrogens is 2. The molecule has 0 unspecified atom stereocenters. The second-order valence-corrected chi connectivity index (χ2v) is 5.37. The molecule has 0 spiro atoms. The lowest BCUT2D eigenvalue weighted by molar-refractivity contribution is 0.969. The van der Waals surface area contributed by atoms with Crippen LogP contribution in [0, 0.1) is 13.8 Å². The molecule has 4 heteroatoms. The van der Waals surface area contributed by atoms with Crippen LogP contribution in [0.15, 0.2) is 0 Å². The van der Waals surface area contributed by atoms with Gasteiger partial charge >= 0.3 is 0 Å². The van der Waals surface area contributed by atoms with Gasteiger partial charge in [0, 0.05) is 18.3 Å². The maximum atomic E-state index is 4.48. The van der Waals surface area contributed by atoms with Crippen LogP contribution >= 0.6 is 11.8 Å². The number of rotatable bonds is 4. The third kappa shape index (κ3) is 3.38. The fourth-order valence-corrected chi connectivity index (χ4v) is 1.85. The molecule has 1 heterocycles. The van der Waals surface area contributed by atoms with E-state index in [2.05, 4.69) is 29.1 Å². The molecule has 0 aliphatic heterocycles. The highest BCUT2D eigenvalue weighted by molar-refractivity contribution is 7.99. The van der Waals surface area contributed by atoms with Crippen LogP contribution in [0.3, 0.4) is 0 Å². The number of nitrogens with zero attached hydrogens (tertiary/aromatic N) is 2. The van der Waals surface area contributed by atoms with Gasteiger partial charge in [0.05, 0.1) is 5.75 Å². The van der Waals surface area contributed by atoms with E-state index in [0.29, 0.717) is 5.25 Å². The lowest BCUT2D eigenvalue weighted by Crippen LogP contribution is -2.05. The van der Waals surface area contributed by atoms with E-state index in [1.165, 1.54) is 0 Å². The Balaban J connectivity index is 2.86. The molecule has 0 fully saturated rings. The molecule has 0 atom stereocenters. The minimum atomic E-state index is 0.619. The zero-order valence-corrected chi connectivity index (χ0v) is 10.9. The zero-order valence-electron chi connectivity index (χ0n) is 10.1. The van der Waals surface area contributed by atoms with Crippen molar-refractivity contribution >= 4 is 17.6 Å². The SMILES string of the molecule is CNc1nc(CSC(C)C)nc(C)c1C. The van der Waals surface area contributed by atoms with Gasteiger partial charge < -0.3 is 5.32 Å². The van der Waals surface area contributed by atoms with Crippen LogP contribution in [0.4, 0.5) is 5.82 Å². The molecule has 0 aliphatic rings. The van der Waals surface area contributed by atoms with Crippen molar-refractivity contribution in [1.29, 1.82) is 0 Å². The quantitative estimate of drug-likeness (QED) is 0.855. The molecular weight excluding hydrogens is 206 g/mol. The van der Waals surface area contributed by atoms with E-state index in [1.54, 1.807) is 0 Å². The van der Waals surface area contributed by atoms with Gasteiger partial charge in [0.15, 0.2) is 0 Å². The summed E-state index contributed by atoms with van der Waals surface area (Å²) in [7, 11) is 1.90. The Morgan fingerprint density at radius 2 is 1.93 bits per heavy atom.